The molecule has 0 aromatic carbocycles. The summed E-state index contributed by atoms with van der Waals surface area (Å²) in [6.45, 7) is 7.94. The van der Waals surface area contributed by atoms with E-state index in [1.54, 1.807) is 0 Å². The molecular formula is C14H27O3P. The number of hydrogen-bond donors (Lipinski definition) is 0. The second kappa shape index (κ2) is 10.4. The van der Waals surface area contributed by atoms with E-state index in [-0.39, 0.29) is 0 Å². The van der Waals surface area contributed by atoms with Crippen LogP contribution in [-0.2, 0) is 14.1 Å². The fourth-order valence-corrected chi connectivity index (χ4v) is 4.97. The van der Waals surface area contributed by atoms with Gasteiger partial charge in [-0.1, -0.05) is 33.3 Å². The van der Waals surface area contributed by atoms with Crippen molar-refractivity contribution >= 4 is 13.1 Å². The second-order valence-corrected chi connectivity index (χ2v) is 8.12. The van der Waals surface area contributed by atoms with Crippen LogP contribution in [0.15, 0.2) is 12.7 Å². The number of carbonyl (C=O) groups excluding carboxylic acids is 1. The lowest BCUT2D eigenvalue weighted by Gasteiger charge is -2.17. The summed E-state index contributed by atoms with van der Waals surface area (Å²) in [6.07, 6.45) is 8.50. The van der Waals surface area contributed by atoms with Crippen LogP contribution < -0.4 is 0 Å². The lowest BCUT2D eigenvalue weighted by molar-refractivity contribution is -0.137. The number of carbonyl (C=O) groups is 1. The Morgan fingerprint density at radius 1 is 1.11 bits per heavy atom. The third-order valence-corrected chi connectivity index (χ3v) is 6.35. The van der Waals surface area contributed by atoms with Crippen molar-refractivity contribution in [2.75, 3.05) is 25.1 Å². The summed E-state index contributed by atoms with van der Waals surface area (Å²) in [5, 5.41) is 0. The Hall–Kier alpha value is -0.560. The predicted molar refractivity (Wildman–Crippen MR) is 77.8 cm³/mol. The minimum absolute atomic E-state index is 0.354. The van der Waals surface area contributed by atoms with E-state index in [9.17, 15) is 9.36 Å². The molecule has 0 saturated carbocycles. The molecular weight excluding hydrogens is 247 g/mol. The van der Waals surface area contributed by atoms with Crippen molar-refractivity contribution in [3.05, 3.63) is 12.7 Å². The van der Waals surface area contributed by atoms with Gasteiger partial charge in [-0.3, -0.25) is 0 Å². The van der Waals surface area contributed by atoms with Crippen LogP contribution in [0, 0.1) is 0 Å². The van der Waals surface area contributed by atoms with Gasteiger partial charge in [-0.25, -0.2) is 4.79 Å². The molecule has 0 amide bonds. The minimum atomic E-state index is -2.04. The molecule has 0 bridgehead atoms. The topological polar surface area (TPSA) is 43.4 Å². The van der Waals surface area contributed by atoms with Gasteiger partial charge >= 0.3 is 5.97 Å². The largest absolute Gasteiger partial charge is 0.463 e. The van der Waals surface area contributed by atoms with Gasteiger partial charge in [-0.2, -0.15) is 0 Å². The highest BCUT2D eigenvalue weighted by atomic mass is 31.2. The zero-order valence-corrected chi connectivity index (χ0v) is 12.7. The number of unbranched alkanes of at least 4 members (excludes halogenated alkanes) is 2. The summed E-state index contributed by atoms with van der Waals surface area (Å²) in [6, 6.07) is 0. The highest BCUT2D eigenvalue weighted by Gasteiger charge is 2.20. The van der Waals surface area contributed by atoms with E-state index in [1.807, 2.05) is 0 Å². The average Bonchev–Trinajstić information content (AvgIpc) is 2.39. The molecule has 0 radical (unpaired) electrons. The van der Waals surface area contributed by atoms with Crippen LogP contribution in [0.2, 0.25) is 0 Å². The third kappa shape index (κ3) is 8.52. The van der Waals surface area contributed by atoms with E-state index in [0.29, 0.717) is 19.2 Å². The molecule has 0 unspecified atom stereocenters. The van der Waals surface area contributed by atoms with Gasteiger partial charge in [0, 0.05) is 24.6 Å². The molecule has 0 aromatic heterocycles. The highest BCUT2D eigenvalue weighted by molar-refractivity contribution is 7.63. The summed E-state index contributed by atoms with van der Waals surface area (Å²) in [4.78, 5) is 10.9. The Labute approximate surface area is 111 Å². The van der Waals surface area contributed by atoms with Crippen molar-refractivity contribution in [1.82, 2.24) is 0 Å². The first kappa shape index (κ1) is 17.4. The molecule has 0 spiro atoms. The van der Waals surface area contributed by atoms with Crippen molar-refractivity contribution in [2.45, 2.75) is 46.0 Å². The monoisotopic (exact) mass is 274 g/mol. The van der Waals surface area contributed by atoms with Crippen molar-refractivity contribution < 1.29 is 14.1 Å². The van der Waals surface area contributed by atoms with Crippen molar-refractivity contribution in [2.24, 2.45) is 0 Å². The summed E-state index contributed by atoms with van der Waals surface area (Å²) in [7, 11) is -2.04. The minimum Gasteiger partial charge on any atom is -0.463 e. The van der Waals surface area contributed by atoms with Gasteiger partial charge in [0.2, 0.25) is 0 Å². The summed E-state index contributed by atoms with van der Waals surface area (Å²) < 4.78 is 17.6. The van der Waals surface area contributed by atoms with E-state index in [0.717, 1.165) is 44.1 Å². The maximum atomic E-state index is 12.7. The van der Waals surface area contributed by atoms with Gasteiger partial charge in [0.25, 0.3) is 0 Å². The van der Waals surface area contributed by atoms with E-state index < -0.39 is 13.1 Å². The molecule has 0 atom stereocenters. The Balaban J connectivity index is 4.03. The Morgan fingerprint density at radius 3 is 2.06 bits per heavy atom. The molecule has 106 valence electrons. The van der Waals surface area contributed by atoms with Crippen LogP contribution in [0.3, 0.4) is 0 Å². The molecule has 0 N–H and O–H groups in total. The standard InChI is InChI=1S/C14H27O3P/c1-4-7-11-18(16,12-8-5-2)13-9-10-17-14(15)6-3/h6H,3-5,7-13H2,1-2H3. The van der Waals surface area contributed by atoms with Crippen LogP contribution in [0.1, 0.15) is 46.0 Å². The number of rotatable bonds is 11. The fourth-order valence-electron chi connectivity index (χ4n) is 1.81. The molecule has 18 heavy (non-hydrogen) atoms. The third-order valence-electron chi connectivity index (χ3n) is 2.96. The molecule has 0 aliphatic carbocycles. The van der Waals surface area contributed by atoms with Gasteiger partial charge in [0.05, 0.1) is 13.7 Å². The normalized spacial score (nSPS) is 11.2. The number of ether oxygens (including phenoxy) is 1. The van der Waals surface area contributed by atoms with Gasteiger partial charge < -0.3 is 9.30 Å². The van der Waals surface area contributed by atoms with Crippen LogP contribution >= 0.6 is 7.14 Å². The smallest absolute Gasteiger partial charge is 0.330 e. The lowest BCUT2D eigenvalue weighted by atomic mass is 10.4. The molecule has 0 fully saturated rings. The maximum absolute atomic E-state index is 12.7. The van der Waals surface area contributed by atoms with E-state index in [1.165, 1.54) is 0 Å². The quantitative estimate of drug-likeness (QED) is 0.247. The first-order valence-electron chi connectivity index (χ1n) is 6.94. The summed E-state index contributed by atoms with van der Waals surface area (Å²) in [5.41, 5.74) is 0. The molecule has 0 aromatic rings. The van der Waals surface area contributed by atoms with E-state index in [2.05, 4.69) is 20.4 Å². The highest BCUT2D eigenvalue weighted by Crippen LogP contribution is 2.47. The number of esters is 1. The van der Waals surface area contributed by atoms with E-state index in [4.69, 9.17) is 4.74 Å². The SMILES string of the molecule is C=CC(=O)OCCCP(=O)(CCCC)CCCC. The van der Waals surface area contributed by atoms with Crippen LogP contribution in [0.4, 0.5) is 0 Å². The first-order valence-corrected chi connectivity index (χ1v) is 9.20. The molecule has 4 heteroatoms. The van der Waals surface area contributed by atoms with Crippen LogP contribution in [0.5, 0.6) is 0 Å². The predicted octanol–water partition coefficient (Wildman–Crippen LogP) is 4.07. The molecule has 0 rings (SSSR count). The number of hydrogen-bond acceptors (Lipinski definition) is 3. The van der Waals surface area contributed by atoms with Crippen LogP contribution in [-0.4, -0.2) is 31.1 Å². The van der Waals surface area contributed by atoms with Gasteiger partial charge in [-0.15, -0.1) is 0 Å². The molecule has 0 saturated heterocycles. The van der Waals surface area contributed by atoms with Crippen molar-refractivity contribution in [3.63, 3.8) is 0 Å². The first-order chi connectivity index (χ1) is 8.58. The second-order valence-electron chi connectivity index (χ2n) is 4.66. The lowest BCUT2D eigenvalue weighted by Crippen LogP contribution is -2.06. The Kier molecular flexibility index (Phi) is 10.0. The van der Waals surface area contributed by atoms with E-state index >= 15 is 0 Å². The molecule has 0 aliphatic heterocycles. The zero-order chi connectivity index (χ0) is 13.9. The Bertz CT molecular complexity index is 275. The summed E-state index contributed by atoms with van der Waals surface area (Å²) in [5.74, 6) is -0.396. The van der Waals surface area contributed by atoms with Crippen molar-refractivity contribution in [3.8, 4) is 0 Å². The van der Waals surface area contributed by atoms with Crippen molar-refractivity contribution in [1.29, 1.82) is 0 Å². The Morgan fingerprint density at radius 2 is 1.61 bits per heavy atom. The maximum Gasteiger partial charge on any atom is 0.330 e. The van der Waals surface area contributed by atoms with Gasteiger partial charge in [0.15, 0.2) is 0 Å². The average molecular weight is 274 g/mol. The van der Waals surface area contributed by atoms with Crippen LogP contribution in [0.25, 0.3) is 0 Å². The fraction of sp³-hybridized carbons (Fsp3) is 0.786. The molecule has 0 aliphatic rings. The van der Waals surface area contributed by atoms with Gasteiger partial charge in [-0.05, 0) is 19.3 Å². The summed E-state index contributed by atoms with van der Waals surface area (Å²) >= 11 is 0. The molecule has 3 nitrogen and oxygen atoms in total. The zero-order valence-electron chi connectivity index (χ0n) is 11.8. The van der Waals surface area contributed by atoms with Gasteiger partial charge in [0.1, 0.15) is 0 Å². The molecule has 0 heterocycles.